The van der Waals surface area contributed by atoms with Crippen LogP contribution in [0, 0.1) is 0 Å². The lowest BCUT2D eigenvalue weighted by Crippen LogP contribution is -2.46. The fourth-order valence-corrected chi connectivity index (χ4v) is 2.15. The molecule has 0 bridgehead atoms. The van der Waals surface area contributed by atoms with Crippen molar-refractivity contribution in [1.29, 1.82) is 0 Å². The zero-order valence-electron chi connectivity index (χ0n) is 9.55. The molecule has 2 atom stereocenters. The molecule has 0 saturated carbocycles. The van der Waals surface area contributed by atoms with Gasteiger partial charge in [-0.25, -0.2) is 0 Å². The summed E-state index contributed by atoms with van der Waals surface area (Å²) in [6.07, 6.45) is 2.59. The van der Waals surface area contributed by atoms with Gasteiger partial charge >= 0.3 is 0 Å². The maximum absolute atomic E-state index is 5.64. The van der Waals surface area contributed by atoms with Gasteiger partial charge in [0.2, 0.25) is 0 Å². The number of hydrogen-bond donors (Lipinski definition) is 2. The summed E-state index contributed by atoms with van der Waals surface area (Å²) >= 11 is 0. The van der Waals surface area contributed by atoms with E-state index < -0.39 is 0 Å². The van der Waals surface area contributed by atoms with Gasteiger partial charge in [0.15, 0.2) is 0 Å². The summed E-state index contributed by atoms with van der Waals surface area (Å²) in [5.41, 5.74) is 0.197. The van der Waals surface area contributed by atoms with Crippen LogP contribution in [0.5, 0.6) is 0 Å². The minimum Gasteiger partial charge on any atom is -0.379 e. The topological polar surface area (TPSA) is 42.5 Å². The van der Waals surface area contributed by atoms with Gasteiger partial charge in [-0.2, -0.15) is 0 Å². The van der Waals surface area contributed by atoms with Crippen LogP contribution in [0.15, 0.2) is 0 Å². The Kier molecular flexibility index (Phi) is 3.97. The van der Waals surface area contributed by atoms with Gasteiger partial charge in [-0.1, -0.05) is 0 Å². The van der Waals surface area contributed by atoms with Crippen LogP contribution in [-0.4, -0.2) is 51.1 Å². The second-order valence-electron chi connectivity index (χ2n) is 4.78. The Balaban J connectivity index is 1.61. The third kappa shape index (κ3) is 3.41. The molecule has 0 spiro atoms. The highest BCUT2D eigenvalue weighted by atomic mass is 16.5. The third-order valence-electron chi connectivity index (χ3n) is 3.24. The van der Waals surface area contributed by atoms with E-state index in [9.17, 15) is 0 Å². The molecule has 2 heterocycles. The third-order valence-corrected chi connectivity index (χ3v) is 3.24. The van der Waals surface area contributed by atoms with Crippen molar-refractivity contribution in [3.63, 3.8) is 0 Å². The van der Waals surface area contributed by atoms with Crippen molar-refractivity contribution in [2.45, 2.75) is 31.4 Å². The molecule has 0 aromatic carbocycles. The zero-order valence-corrected chi connectivity index (χ0v) is 9.55. The van der Waals surface area contributed by atoms with E-state index in [0.717, 1.165) is 52.3 Å². The molecule has 2 aliphatic heterocycles. The number of morpholine rings is 1. The molecular weight excluding hydrogens is 192 g/mol. The molecule has 2 fully saturated rings. The molecule has 2 N–H and O–H groups in total. The number of nitrogens with one attached hydrogen (secondary N) is 2. The Hall–Kier alpha value is -0.160. The molecule has 2 unspecified atom stereocenters. The van der Waals surface area contributed by atoms with Crippen molar-refractivity contribution in [3.05, 3.63) is 0 Å². The van der Waals surface area contributed by atoms with Crippen molar-refractivity contribution in [2.24, 2.45) is 0 Å². The van der Waals surface area contributed by atoms with Crippen LogP contribution in [-0.2, 0) is 9.47 Å². The summed E-state index contributed by atoms with van der Waals surface area (Å²) in [6, 6.07) is 0. The Morgan fingerprint density at radius 2 is 2.40 bits per heavy atom. The first-order valence-electron chi connectivity index (χ1n) is 5.94. The van der Waals surface area contributed by atoms with Gasteiger partial charge in [-0.05, 0) is 26.3 Å². The smallest absolute Gasteiger partial charge is 0.0712 e. The summed E-state index contributed by atoms with van der Waals surface area (Å²) in [5.74, 6) is 0. The van der Waals surface area contributed by atoms with Crippen LogP contribution in [0.2, 0.25) is 0 Å². The monoisotopic (exact) mass is 214 g/mol. The van der Waals surface area contributed by atoms with Crippen molar-refractivity contribution in [2.75, 3.05) is 39.5 Å². The number of rotatable bonds is 4. The highest BCUT2D eigenvalue weighted by Crippen LogP contribution is 2.17. The summed E-state index contributed by atoms with van der Waals surface area (Å²) in [6.45, 7) is 7.84. The predicted molar refractivity (Wildman–Crippen MR) is 59.1 cm³/mol. The van der Waals surface area contributed by atoms with E-state index in [1.807, 2.05) is 0 Å². The van der Waals surface area contributed by atoms with Crippen molar-refractivity contribution in [3.8, 4) is 0 Å². The molecule has 0 amide bonds. The molecular formula is C11H22N2O2. The summed E-state index contributed by atoms with van der Waals surface area (Å²) < 4.78 is 11.0. The SMILES string of the molecule is CC1(NCCC2CNCCO2)CCOC1. The van der Waals surface area contributed by atoms with E-state index >= 15 is 0 Å². The van der Waals surface area contributed by atoms with Crippen LogP contribution < -0.4 is 10.6 Å². The molecule has 2 saturated heterocycles. The quantitative estimate of drug-likeness (QED) is 0.698. The molecule has 0 aromatic rings. The lowest BCUT2D eigenvalue weighted by atomic mass is 10.0. The Morgan fingerprint density at radius 1 is 1.47 bits per heavy atom. The number of ether oxygens (including phenoxy) is 2. The Morgan fingerprint density at radius 3 is 3.07 bits per heavy atom. The normalized spacial score (nSPS) is 37.0. The minimum atomic E-state index is 0.197. The zero-order chi connectivity index (χ0) is 10.6. The van der Waals surface area contributed by atoms with Crippen LogP contribution in [0.1, 0.15) is 19.8 Å². The molecule has 0 radical (unpaired) electrons. The predicted octanol–water partition coefficient (Wildman–Crippen LogP) is 0.134. The van der Waals surface area contributed by atoms with E-state index in [-0.39, 0.29) is 5.54 Å². The molecule has 4 nitrogen and oxygen atoms in total. The van der Waals surface area contributed by atoms with Crippen LogP contribution in [0.4, 0.5) is 0 Å². The first kappa shape index (κ1) is 11.3. The first-order valence-corrected chi connectivity index (χ1v) is 5.94. The molecule has 0 aliphatic carbocycles. The fraction of sp³-hybridized carbons (Fsp3) is 1.00. The molecule has 88 valence electrons. The van der Waals surface area contributed by atoms with Gasteiger partial charge in [0, 0.05) is 25.2 Å². The Bertz CT molecular complexity index is 187. The average molecular weight is 214 g/mol. The molecule has 2 aliphatic rings. The van der Waals surface area contributed by atoms with Crippen molar-refractivity contribution in [1.82, 2.24) is 10.6 Å². The highest BCUT2D eigenvalue weighted by molar-refractivity contribution is 4.87. The maximum Gasteiger partial charge on any atom is 0.0712 e. The molecule has 4 heteroatoms. The Labute approximate surface area is 91.7 Å². The largest absolute Gasteiger partial charge is 0.379 e. The lowest BCUT2D eigenvalue weighted by Gasteiger charge is -2.27. The maximum atomic E-state index is 5.64. The summed E-state index contributed by atoms with van der Waals surface area (Å²) in [4.78, 5) is 0. The average Bonchev–Trinajstić information content (AvgIpc) is 2.67. The van der Waals surface area contributed by atoms with Gasteiger partial charge in [0.25, 0.3) is 0 Å². The van der Waals surface area contributed by atoms with Crippen LogP contribution >= 0.6 is 0 Å². The van der Waals surface area contributed by atoms with Crippen LogP contribution in [0.25, 0.3) is 0 Å². The fourth-order valence-electron chi connectivity index (χ4n) is 2.15. The van der Waals surface area contributed by atoms with E-state index in [1.165, 1.54) is 0 Å². The van der Waals surface area contributed by atoms with Crippen molar-refractivity contribution >= 4 is 0 Å². The van der Waals surface area contributed by atoms with Gasteiger partial charge in [-0.3, -0.25) is 0 Å². The molecule has 15 heavy (non-hydrogen) atoms. The second-order valence-corrected chi connectivity index (χ2v) is 4.78. The van der Waals surface area contributed by atoms with Gasteiger partial charge in [0.1, 0.15) is 0 Å². The highest BCUT2D eigenvalue weighted by Gasteiger charge is 2.28. The summed E-state index contributed by atoms with van der Waals surface area (Å²) in [7, 11) is 0. The van der Waals surface area contributed by atoms with Gasteiger partial charge in [0.05, 0.1) is 19.3 Å². The van der Waals surface area contributed by atoms with E-state index in [1.54, 1.807) is 0 Å². The number of hydrogen-bond acceptors (Lipinski definition) is 4. The van der Waals surface area contributed by atoms with E-state index in [0.29, 0.717) is 6.10 Å². The van der Waals surface area contributed by atoms with Gasteiger partial charge in [-0.15, -0.1) is 0 Å². The van der Waals surface area contributed by atoms with E-state index in [4.69, 9.17) is 9.47 Å². The first-order chi connectivity index (χ1) is 7.29. The van der Waals surface area contributed by atoms with E-state index in [2.05, 4.69) is 17.6 Å². The summed E-state index contributed by atoms with van der Waals surface area (Å²) in [5, 5.41) is 6.92. The lowest BCUT2D eigenvalue weighted by molar-refractivity contribution is 0.0225. The van der Waals surface area contributed by atoms with Crippen molar-refractivity contribution < 1.29 is 9.47 Å². The van der Waals surface area contributed by atoms with Gasteiger partial charge < -0.3 is 20.1 Å². The molecule has 2 rings (SSSR count). The minimum absolute atomic E-state index is 0.197. The molecule has 0 aromatic heterocycles. The van der Waals surface area contributed by atoms with Crippen LogP contribution in [0.3, 0.4) is 0 Å². The second kappa shape index (κ2) is 5.25. The standard InChI is InChI=1S/C11H22N2O2/c1-11(3-6-14-9-11)13-4-2-10-8-12-5-7-15-10/h10,12-13H,2-9H2,1H3.